The third-order valence-electron chi connectivity index (χ3n) is 10.5. The van der Waals surface area contributed by atoms with Crippen molar-refractivity contribution in [1.82, 2.24) is 0 Å². The zero-order chi connectivity index (χ0) is 47.7. The first kappa shape index (κ1) is 55.2. The van der Waals surface area contributed by atoms with Crippen molar-refractivity contribution in [3.63, 3.8) is 0 Å². The van der Waals surface area contributed by atoms with Crippen molar-refractivity contribution < 1.29 is 34.7 Å². The van der Waals surface area contributed by atoms with Gasteiger partial charge < -0.3 is 34.7 Å². The monoisotopic (exact) mass is 911 g/mol. The fourth-order valence-electron chi connectivity index (χ4n) is 6.75. The predicted octanol–water partition coefficient (Wildman–Crippen LogP) is 15.4. The molecule has 4 rings (SSSR count). The summed E-state index contributed by atoms with van der Waals surface area (Å²) < 4.78 is 4.62. The number of phenols is 4. The second-order valence-electron chi connectivity index (χ2n) is 21.1. The molecule has 6 N–H and O–H groups in total. The number of unbranched alkanes of at least 4 members (excludes halogenated alkanes) is 2. The van der Waals surface area contributed by atoms with Gasteiger partial charge in [-0.15, -0.1) is 0 Å². The van der Waals surface area contributed by atoms with Crippen LogP contribution in [0.2, 0.25) is 0 Å². The topological polar surface area (TPSA) is 131 Å². The molecule has 62 heavy (non-hydrogen) atoms. The van der Waals surface area contributed by atoms with E-state index in [-0.39, 0.29) is 21.7 Å². The van der Waals surface area contributed by atoms with E-state index < -0.39 is 8.60 Å². The van der Waals surface area contributed by atoms with Crippen LogP contribution in [-0.4, -0.2) is 36.8 Å². The summed E-state index contributed by atoms with van der Waals surface area (Å²) in [5.74, 6) is 2.18. The third-order valence-corrected chi connectivity index (χ3v) is 13.5. The largest absolute Gasteiger partial charge is 0.508 e. The van der Waals surface area contributed by atoms with Crippen LogP contribution in [0.1, 0.15) is 167 Å². The summed E-state index contributed by atoms with van der Waals surface area (Å²) >= 11 is 3.39. The molecule has 0 spiro atoms. The van der Waals surface area contributed by atoms with E-state index in [4.69, 9.17) is 9.79 Å². The molecular weight excluding hydrogens is 832 g/mol. The van der Waals surface area contributed by atoms with Gasteiger partial charge in [-0.3, -0.25) is 0 Å². The second kappa shape index (κ2) is 22.8. The van der Waals surface area contributed by atoms with Crippen LogP contribution in [0.4, 0.5) is 0 Å². The lowest BCUT2D eigenvalue weighted by Crippen LogP contribution is -2.12. The molecule has 0 saturated carbocycles. The molecule has 0 aromatic heterocycles. The molecule has 0 radical (unpaired) electrons. The number of phenolic OH excluding ortho intramolecular Hbond substituents is 4. The molecule has 4 aromatic rings. The Morgan fingerprint density at radius 2 is 0.710 bits per heavy atom. The molecular formula is C52H79O7PS2. The van der Waals surface area contributed by atoms with Crippen molar-refractivity contribution in [3.8, 4) is 23.0 Å². The molecule has 0 unspecified atom stereocenters. The van der Waals surface area contributed by atoms with Crippen molar-refractivity contribution in [2.24, 2.45) is 5.92 Å². The Labute approximate surface area is 385 Å². The standard InChI is InChI=1S/2C22H30O2S.C8H19O3P/c2*1-13-9-17(23)15(21(3,4)5)11-19(13)25-20-12-16(22(6,7)8)18(24)10-14(20)2;1-8(2)6-4-3-5-7-11-12(9)10/h2*9-12,23-24H,1-8H3;8-10H,3-7H2,1-2H3. The van der Waals surface area contributed by atoms with E-state index in [1.165, 1.54) is 12.8 Å². The molecule has 346 valence electrons. The zero-order valence-corrected chi connectivity index (χ0v) is 43.6. The molecule has 0 saturated heterocycles. The van der Waals surface area contributed by atoms with E-state index in [1.807, 2.05) is 52.0 Å². The van der Waals surface area contributed by atoms with Crippen LogP contribution in [0.15, 0.2) is 68.1 Å². The molecule has 0 heterocycles. The lowest BCUT2D eigenvalue weighted by molar-refractivity contribution is 0.248. The van der Waals surface area contributed by atoms with E-state index >= 15 is 0 Å². The summed E-state index contributed by atoms with van der Waals surface area (Å²) in [7, 11) is -2.13. The first-order valence-corrected chi connectivity index (χ1v) is 24.6. The lowest BCUT2D eigenvalue weighted by atomic mass is 9.86. The first-order chi connectivity index (χ1) is 28.2. The maximum absolute atomic E-state index is 10.3. The molecule has 0 atom stereocenters. The highest BCUT2D eigenvalue weighted by atomic mass is 32.2. The number of hydrogen-bond donors (Lipinski definition) is 6. The zero-order valence-electron chi connectivity index (χ0n) is 41.1. The van der Waals surface area contributed by atoms with Gasteiger partial charge in [-0.05, 0) is 132 Å². The maximum Gasteiger partial charge on any atom is 0.327 e. The molecule has 0 amide bonds. The van der Waals surface area contributed by atoms with Crippen LogP contribution >= 0.6 is 32.1 Å². The first-order valence-electron chi connectivity index (χ1n) is 21.8. The predicted molar refractivity (Wildman–Crippen MR) is 265 cm³/mol. The minimum absolute atomic E-state index is 0.117. The molecule has 0 aliphatic heterocycles. The van der Waals surface area contributed by atoms with Crippen LogP contribution in [0.3, 0.4) is 0 Å². The average molecular weight is 911 g/mol. The minimum atomic E-state index is -2.13. The van der Waals surface area contributed by atoms with Gasteiger partial charge >= 0.3 is 8.60 Å². The van der Waals surface area contributed by atoms with E-state index in [2.05, 4.69) is 126 Å². The van der Waals surface area contributed by atoms with Crippen molar-refractivity contribution in [2.75, 3.05) is 6.61 Å². The number of rotatable bonds is 11. The number of benzene rings is 4. The molecule has 10 heteroatoms. The van der Waals surface area contributed by atoms with Gasteiger partial charge in [-0.2, -0.15) is 0 Å². The second-order valence-corrected chi connectivity index (χ2v) is 24.0. The molecule has 0 fully saturated rings. The summed E-state index contributed by atoms with van der Waals surface area (Å²) in [5, 5.41) is 41.3. The Hall–Kier alpha value is -2.91. The Balaban J connectivity index is 0.000000341. The summed E-state index contributed by atoms with van der Waals surface area (Å²) in [5.41, 5.74) is 7.56. The van der Waals surface area contributed by atoms with Crippen molar-refractivity contribution >= 4 is 32.1 Å². The molecule has 7 nitrogen and oxygen atoms in total. The molecule has 4 aromatic carbocycles. The van der Waals surface area contributed by atoms with Gasteiger partial charge in [0.15, 0.2) is 0 Å². The van der Waals surface area contributed by atoms with Gasteiger partial charge in [0.2, 0.25) is 0 Å². The highest BCUT2D eigenvalue weighted by molar-refractivity contribution is 7.99. The highest BCUT2D eigenvalue weighted by Gasteiger charge is 2.24. The van der Waals surface area contributed by atoms with Crippen molar-refractivity contribution in [3.05, 3.63) is 93.0 Å². The SMILES string of the molecule is CC(C)CCCCCOP(O)O.Cc1cc(O)c(C(C)(C)C)cc1Sc1cc(C(C)(C)C)c(O)cc1C.Cc1cc(O)c(C(C)(C)C)cc1Sc1cc(C(C)(C)C)c(O)cc1C. The van der Waals surface area contributed by atoms with Gasteiger partial charge in [0.05, 0.1) is 6.61 Å². The Bertz CT molecular complexity index is 1800. The third kappa shape index (κ3) is 17.2. The Morgan fingerprint density at radius 3 is 0.919 bits per heavy atom. The van der Waals surface area contributed by atoms with Gasteiger partial charge in [0.25, 0.3) is 0 Å². The van der Waals surface area contributed by atoms with E-state index in [1.54, 1.807) is 23.5 Å². The van der Waals surface area contributed by atoms with Gasteiger partial charge in [-0.25, -0.2) is 0 Å². The Morgan fingerprint density at radius 1 is 0.452 bits per heavy atom. The van der Waals surface area contributed by atoms with Crippen LogP contribution in [0, 0.1) is 33.6 Å². The van der Waals surface area contributed by atoms with Crippen LogP contribution in [0.25, 0.3) is 0 Å². The van der Waals surface area contributed by atoms with Gasteiger partial charge in [0, 0.05) is 41.8 Å². The summed E-state index contributed by atoms with van der Waals surface area (Å²) in [6.07, 6.45) is 4.48. The fourth-order valence-corrected chi connectivity index (χ4v) is 9.10. The van der Waals surface area contributed by atoms with Crippen LogP contribution in [-0.2, 0) is 26.2 Å². The average Bonchev–Trinajstić information content (AvgIpc) is 3.08. The lowest BCUT2D eigenvalue weighted by Gasteiger charge is -2.24. The fraction of sp³-hybridized carbons (Fsp3) is 0.538. The van der Waals surface area contributed by atoms with Gasteiger partial charge in [-0.1, -0.05) is 140 Å². The summed E-state index contributed by atoms with van der Waals surface area (Å²) in [4.78, 5) is 21.3. The molecule has 0 aliphatic rings. The number of aromatic hydroxyl groups is 4. The smallest absolute Gasteiger partial charge is 0.327 e. The van der Waals surface area contributed by atoms with E-state index in [0.717, 1.165) is 82.8 Å². The van der Waals surface area contributed by atoms with Crippen molar-refractivity contribution in [1.29, 1.82) is 0 Å². The van der Waals surface area contributed by atoms with E-state index in [9.17, 15) is 20.4 Å². The normalized spacial score (nSPS) is 12.3. The number of hydrogen-bond acceptors (Lipinski definition) is 9. The Kier molecular flexibility index (Phi) is 20.3. The van der Waals surface area contributed by atoms with Crippen LogP contribution in [0.5, 0.6) is 23.0 Å². The number of aryl methyl sites for hydroxylation is 4. The summed E-state index contributed by atoms with van der Waals surface area (Å²) in [6, 6.07) is 15.8. The maximum atomic E-state index is 10.3. The highest BCUT2D eigenvalue weighted by Crippen LogP contribution is 2.44. The minimum Gasteiger partial charge on any atom is -0.508 e. The van der Waals surface area contributed by atoms with E-state index in [0.29, 0.717) is 29.6 Å². The van der Waals surface area contributed by atoms with Gasteiger partial charge in [0.1, 0.15) is 23.0 Å². The molecule has 0 bridgehead atoms. The van der Waals surface area contributed by atoms with Crippen molar-refractivity contribution in [2.45, 2.75) is 192 Å². The quantitative estimate of drug-likeness (QED) is 0.0643. The van der Waals surface area contributed by atoms with Crippen LogP contribution < -0.4 is 0 Å². The summed E-state index contributed by atoms with van der Waals surface area (Å²) in [6.45, 7) is 38.2. The molecule has 0 aliphatic carbocycles.